The van der Waals surface area contributed by atoms with E-state index in [1.165, 1.54) is 19.3 Å². The number of anilines is 1. The van der Waals surface area contributed by atoms with Gasteiger partial charge in [0, 0.05) is 44.0 Å². The molecule has 0 bridgehead atoms. The second-order valence-corrected chi connectivity index (χ2v) is 7.10. The molecule has 1 heterocycles. The molecule has 1 aromatic carbocycles. The Labute approximate surface area is 122 Å². The molecule has 20 heavy (non-hydrogen) atoms. The Morgan fingerprint density at radius 1 is 1.15 bits per heavy atom. The number of hydrogen-bond donors (Lipinski definition) is 1. The van der Waals surface area contributed by atoms with Gasteiger partial charge in [0.05, 0.1) is 0 Å². The van der Waals surface area contributed by atoms with E-state index in [2.05, 4.69) is 29.7 Å². The molecule has 2 fully saturated rings. The minimum absolute atomic E-state index is 0.363. The van der Waals surface area contributed by atoms with Gasteiger partial charge < -0.3 is 10.0 Å². The lowest BCUT2D eigenvalue weighted by Gasteiger charge is -2.39. The Morgan fingerprint density at radius 2 is 1.90 bits per heavy atom. The number of rotatable bonds is 2. The summed E-state index contributed by atoms with van der Waals surface area (Å²) in [5, 5.41) is 9.59. The van der Waals surface area contributed by atoms with Gasteiger partial charge in [0.2, 0.25) is 0 Å². The first-order chi connectivity index (χ1) is 9.53. The van der Waals surface area contributed by atoms with Crippen molar-refractivity contribution in [2.75, 3.05) is 31.1 Å². The van der Waals surface area contributed by atoms with Crippen LogP contribution in [0.4, 0.5) is 5.69 Å². The molecule has 3 heteroatoms. The number of hydrogen-bond acceptors (Lipinski definition) is 3. The molecule has 3 nitrogen and oxygen atoms in total. The molecular weight excluding hydrogens is 248 g/mol. The van der Waals surface area contributed by atoms with Crippen LogP contribution in [-0.2, 0) is 0 Å². The Bertz CT molecular complexity index is 464. The van der Waals surface area contributed by atoms with E-state index in [0.29, 0.717) is 11.2 Å². The van der Waals surface area contributed by atoms with Crippen LogP contribution in [0.2, 0.25) is 0 Å². The zero-order chi connectivity index (χ0) is 14.2. The van der Waals surface area contributed by atoms with Gasteiger partial charge in [0.25, 0.3) is 0 Å². The predicted molar refractivity (Wildman–Crippen MR) is 83.3 cm³/mol. The number of phenols is 1. The Morgan fingerprint density at radius 3 is 2.50 bits per heavy atom. The first-order valence-corrected chi connectivity index (χ1v) is 7.82. The lowest BCUT2D eigenvalue weighted by Crippen LogP contribution is -2.50. The average Bonchev–Trinajstić information content (AvgIpc) is 2.79. The average molecular weight is 274 g/mol. The maximum atomic E-state index is 9.59. The first-order valence-electron chi connectivity index (χ1n) is 7.82. The normalized spacial score (nSPS) is 26.9. The highest BCUT2D eigenvalue weighted by atomic mass is 16.3. The third-order valence-corrected chi connectivity index (χ3v) is 4.97. The quantitative estimate of drug-likeness (QED) is 0.897. The monoisotopic (exact) mass is 274 g/mol. The molecule has 1 aromatic rings. The van der Waals surface area contributed by atoms with Crippen molar-refractivity contribution in [1.82, 2.24) is 4.90 Å². The topological polar surface area (TPSA) is 26.7 Å². The van der Waals surface area contributed by atoms with E-state index in [9.17, 15) is 5.11 Å². The molecule has 1 N–H and O–H groups in total. The van der Waals surface area contributed by atoms with E-state index in [4.69, 9.17) is 0 Å². The highest BCUT2D eigenvalue weighted by molar-refractivity contribution is 5.50. The smallest absolute Gasteiger partial charge is 0.117 e. The summed E-state index contributed by atoms with van der Waals surface area (Å²) < 4.78 is 0. The Balaban J connectivity index is 1.57. The van der Waals surface area contributed by atoms with Crippen molar-refractivity contribution in [2.45, 2.75) is 39.2 Å². The van der Waals surface area contributed by atoms with Crippen LogP contribution >= 0.6 is 0 Å². The van der Waals surface area contributed by atoms with Gasteiger partial charge in [-0.25, -0.2) is 0 Å². The number of aromatic hydroxyl groups is 1. The summed E-state index contributed by atoms with van der Waals surface area (Å²) in [4.78, 5) is 5.06. The van der Waals surface area contributed by atoms with Crippen LogP contribution < -0.4 is 4.90 Å². The molecule has 1 atom stereocenters. The predicted octanol–water partition coefficient (Wildman–Crippen LogP) is 3.09. The molecule has 1 aliphatic heterocycles. The fraction of sp³-hybridized carbons (Fsp3) is 0.647. The molecule has 3 rings (SSSR count). The van der Waals surface area contributed by atoms with E-state index in [1.54, 1.807) is 6.07 Å². The zero-order valence-electron chi connectivity index (χ0n) is 12.7. The molecule has 1 unspecified atom stereocenters. The Hall–Kier alpha value is -1.22. The lowest BCUT2D eigenvalue weighted by atomic mass is 9.91. The number of piperazine rings is 1. The molecule has 0 aromatic heterocycles. The summed E-state index contributed by atoms with van der Waals surface area (Å²) in [5.41, 5.74) is 1.68. The fourth-order valence-corrected chi connectivity index (χ4v) is 3.75. The second-order valence-electron chi connectivity index (χ2n) is 7.10. The molecule has 1 aliphatic carbocycles. The van der Waals surface area contributed by atoms with Crippen molar-refractivity contribution in [1.29, 1.82) is 0 Å². The van der Waals surface area contributed by atoms with Gasteiger partial charge in [-0.05, 0) is 36.8 Å². The standard InChI is InChI=1S/C17H26N2O/c1-17(2)7-6-15(13-17)19-10-8-18(9-11-19)14-4-3-5-16(20)12-14/h3-5,12,15,20H,6-11,13H2,1-2H3. The van der Waals surface area contributed by atoms with Crippen LogP contribution in [0.1, 0.15) is 33.1 Å². The van der Waals surface area contributed by atoms with Crippen LogP contribution in [0.3, 0.4) is 0 Å². The fourth-order valence-electron chi connectivity index (χ4n) is 3.75. The van der Waals surface area contributed by atoms with Crippen molar-refractivity contribution in [2.24, 2.45) is 5.41 Å². The maximum absolute atomic E-state index is 9.59. The van der Waals surface area contributed by atoms with Crippen LogP contribution in [0.15, 0.2) is 24.3 Å². The van der Waals surface area contributed by atoms with Gasteiger partial charge in [-0.3, -0.25) is 4.90 Å². The van der Waals surface area contributed by atoms with E-state index in [1.807, 2.05) is 12.1 Å². The molecule has 1 saturated heterocycles. The van der Waals surface area contributed by atoms with Crippen molar-refractivity contribution in [3.05, 3.63) is 24.3 Å². The molecule has 0 radical (unpaired) electrons. The number of phenolic OH excluding ortho intramolecular Hbond substituents is 1. The highest BCUT2D eigenvalue weighted by Gasteiger charge is 2.35. The van der Waals surface area contributed by atoms with Crippen molar-refractivity contribution < 1.29 is 5.11 Å². The van der Waals surface area contributed by atoms with Gasteiger partial charge in [0.1, 0.15) is 5.75 Å². The first kappa shape index (κ1) is 13.7. The minimum atomic E-state index is 0.363. The summed E-state index contributed by atoms with van der Waals surface area (Å²) in [5.74, 6) is 0.363. The number of nitrogens with zero attached hydrogens (tertiary/aromatic N) is 2. The van der Waals surface area contributed by atoms with E-state index in [-0.39, 0.29) is 0 Å². The largest absolute Gasteiger partial charge is 0.508 e. The molecular formula is C17H26N2O. The van der Waals surface area contributed by atoms with Gasteiger partial charge >= 0.3 is 0 Å². The van der Waals surface area contributed by atoms with Gasteiger partial charge in [-0.2, -0.15) is 0 Å². The molecule has 2 aliphatic rings. The highest BCUT2D eigenvalue weighted by Crippen LogP contribution is 2.39. The van der Waals surface area contributed by atoms with Crippen molar-refractivity contribution in [3.63, 3.8) is 0 Å². The summed E-state index contributed by atoms with van der Waals surface area (Å²) >= 11 is 0. The zero-order valence-corrected chi connectivity index (χ0v) is 12.7. The summed E-state index contributed by atoms with van der Waals surface area (Å²) in [6, 6.07) is 8.41. The van der Waals surface area contributed by atoms with E-state index < -0.39 is 0 Å². The third-order valence-electron chi connectivity index (χ3n) is 4.97. The van der Waals surface area contributed by atoms with Crippen LogP contribution in [0.25, 0.3) is 0 Å². The molecule has 0 amide bonds. The molecule has 110 valence electrons. The third kappa shape index (κ3) is 2.93. The second kappa shape index (κ2) is 5.28. The lowest BCUT2D eigenvalue weighted by molar-refractivity contribution is 0.176. The van der Waals surface area contributed by atoms with Gasteiger partial charge in [0.15, 0.2) is 0 Å². The number of benzene rings is 1. The van der Waals surface area contributed by atoms with Gasteiger partial charge in [-0.15, -0.1) is 0 Å². The van der Waals surface area contributed by atoms with Crippen LogP contribution in [0.5, 0.6) is 5.75 Å². The van der Waals surface area contributed by atoms with E-state index in [0.717, 1.165) is 37.9 Å². The summed E-state index contributed by atoms with van der Waals surface area (Å²) in [6.45, 7) is 9.24. The summed E-state index contributed by atoms with van der Waals surface area (Å²) in [7, 11) is 0. The van der Waals surface area contributed by atoms with E-state index >= 15 is 0 Å². The molecule has 1 saturated carbocycles. The maximum Gasteiger partial charge on any atom is 0.117 e. The SMILES string of the molecule is CC1(C)CCC(N2CCN(c3cccc(O)c3)CC2)C1. The minimum Gasteiger partial charge on any atom is -0.508 e. The van der Waals surface area contributed by atoms with Crippen LogP contribution in [-0.4, -0.2) is 42.2 Å². The summed E-state index contributed by atoms with van der Waals surface area (Å²) in [6.07, 6.45) is 4.07. The van der Waals surface area contributed by atoms with Crippen molar-refractivity contribution in [3.8, 4) is 5.75 Å². The van der Waals surface area contributed by atoms with Gasteiger partial charge in [-0.1, -0.05) is 19.9 Å². The molecule has 0 spiro atoms. The Kier molecular flexibility index (Phi) is 3.63. The van der Waals surface area contributed by atoms with Crippen molar-refractivity contribution >= 4 is 5.69 Å². The van der Waals surface area contributed by atoms with Crippen LogP contribution in [0, 0.1) is 5.41 Å².